The zero-order valence-electron chi connectivity index (χ0n) is 11.9. The van der Waals surface area contributed by atoms with Gasteiger partial charge in [0.05, 0.1) is 12.4 Å². The minimum Gasteiger partial charge on any atom is -0.367 e. The van der Waals surface area contributed by atoms with E-state index in [4.69, 9.17) is 9.29 Å². The number of ether oxygens (including phenoxy) is 1. The van der Waals surface area contributed by atoms with E-state index < -0.39 is 10.1 Å². The van der Waals surface area contributed by atoms with Crippen molar-refractivity contribution in [3.63, 3.8) is 0 Å². The third-order valence-corrected chi connectivity index (χ3v) is 6.11. The smallest absolute Gasteiger partial charge is 0.264 e. The van der Waals surface area contributed by atoms with Crippen LogP contribution in [0.4, 0.5) is 0 Å². The van der Waals surface area contributed by atoms with E-state index in [1.54, 1.807) is 23.5 Å². The lowest BCUT2D eigenvalue weighted by Gasteiger charge is -2.09. The molecule has 0 radical (unpaired) electrons. The van der Waals surface area contributed by atoms with Crippen molar-refractivity contribution in [2.75, 3.05) is 18.1 Å². The van der Waals surface area contributed by atoms with Gasteiger partial charge in [-0.3, -0.25) is 4.55 Å². The molecule has 0 spiro atoms. The SMILES string of the molecule is C[C@H]1COC(Sc2ccc(SCCCS(=O)(=O)O)cc2)C1. The first kappa shape index (κ1) is 17.1. The molecule has 1 fully saturated rings. The predicted molar refractivity (Wildman–Crippen MR) is 87.6 cm³/mol. The fraction of sp³-hybridized carbons (Fsp3) is 0.571. The van der Waals surface area contributed by atoms with Crippen LogP contribution >= 0.6 is 23.5 Å². The average Bonchev–Trinajstić information content (AvgIpc) is 2.81. The Bertz CT molecular complexity index is 542. The standard InChI is InChI=1S/C14H20O4S3/c1-11-9-14(18-10-11)20-13-5-3-12(4-6-13)19-7-2-8-21(15,16)17/h3-6,11,14H,2,7-10H2,1H3,(H,15,16,17)/t11-,14?/m1/s1. The number of hydrogen-bond acceptors (Lipinski definition) is 5. The van der Waals surface area contributed by atoms with Gasteiger partial charge < -0.3 is 4.74 Å². The maximum absolute atomic E-state index is 10.6. The van der Waals surface area contributed by atoms with Crippen LogP contribution in [0.3, 0.4) is 0 Å². The first-order valence-corrected chi connectivity index (χ1v) is 10.4. The summed E-state index contributed by atoms with van der Waals surface area (Å²) in [5.41, 5.74) is 0.258. The topological polar surface area (TPSA) is 63.6 Å². The normalized spacial score (nSPS) is 22.6. The van der Waals surface area contributed by atoms with E-state index in [9.17, 15) is 8.42 Å². The Labute approximate surface area is 134 Å². The molecular weight excluding hydrogens is 328 g/mol. The summed E-state index contributed by atoms with van der Waals surface area (Å²) in [5, 5.41) is 0. The van der Waals surface area contributed by atoms with Crippen molar-refractivity contribution < 1.29 is 17.7 Å². The first-order valence-electron chi connectivity index (χ1n) is 6.89. The predicted octanol–water partition coefficient (Wildman–Crippen LogP) is 3.53. The molecule has 0 amide bonds. The van der Waals surface area contributed by atoms with Crippen molar-refractivity contribution in [3.8, 4) is 0 Å². The van der Waals surface area contributed by atoms with Gasteiger partial charge in [-0.05, 0) is 48.8 Å². The average molecular weight is 349 g/mol. The van der Waals surface area contributed by atoms with Gasteiger partial charge in [-0.25, -0.2) is 0 Å². The molecule has 1 saturated heterocycles. The highest BCUT2D eigenvalue weighted by molar-refractivity contribution is 8.00. The Morgan fingerprint density at radius 3 is 2.52 bits per heavy atom. The van der Waals surface area contributed by atoms with Crippen molar-refractivity contribution in [1.82, 2.24) is 0 Å². The summed E-state index contributed by atoms with van der Waals surface area (Å²) in [7, 11) is -3.83. The van der Waals surface area contributed by atoms with Crippen molar-refractivity contribution >= 4 is 33.6 Å². The van der Waals surface area contributed by atoms with Gasteiger partial charge in [-0.15, -0.1) is 11.8 Å². The summed E-state index contributed by atoms with van der Waals surface area (Å²) in [5.74, 6) is 1.14. The number of benzene rings is 1. The van der Waals surface area contributed by atoms with Gasteiger partial charge in [-0.2, -0.15) is 8.42 Å². The molecule has 1 heterocycles. The molecule has 1 N–H and O–H groups in total. The molecule has 21 heavy (non-hydrogen) atoms. The monoisotopic (exact) mass is 348 g/mol. The van der Waals surface area contributed by atoms with Gasteiger partial charge in [0.1, 0.15) is 5.44 Å². The molecule has 4 nitrogen and oxygen atoms in total. The highest BCUT2D eigenvalue weighted by Crippen LogP contribution is 2.34. The van der Waals surface area contributed by atoms with Crippen LogP contribution in [0.25, 0.3) is 0 Å². The van der Waals surface area contributed by atoms with E-state index >= 15 is 0 Å². The van der Waals surface area contributed by atoms with Crippen molar-refractivity contribution in [3.05, 3.63) is 24.3 Å². The van der Waals surface area contributed by atoms with Gasteiger partial charge in [0, 0.05) is 9.79 Å². The highest BCUT2D eigenvalue weighted by atomic mass is 32.2. The second-order valence-corrected chi connectivity index (χ2v) is 9.15. The van der Waals surface area contributed by atoms with Crippen LogP contribution in [0.1, 0.15) is 19.8 Å². The van der Waals surface area contributed by atoms with Crippen LogP contribution in [-0.2, 0) is 14.9 Å². The largest absolute Gasteiger partial charge is 0.367 e. The van der Waals surface area contributed by atoms with Crippen molar-refractivity contribution in [2.45, 2.75) is 35.0 Å². The van der Waals surface area contributed by atoms with E-state index in [-0.39, 0.29) is 11.2 Å². The van der Waals surface area contributed by atoms with Crippen LogP contribution in [0.15, 0.2) is 34.1 Å². The Morgan fingerprint density at radius 2 is 1.95 bits per heavy atom. The second kappa shape index (κ2) is 7.87. The fourth-order valence-corrected chi connectivity index (χ4v) is 4.73. The Balaban J connectivity index is 1.74. The summed E-state index contributed by atoms with van der Waals surface area (Å²) in [4.78, 5) is 2.30. The fourth-order valence-electron chi connectivity index (χ4n) is 2.02. The van der Waals surface area contributed by atoms with Crippen molar-refractivity contribution in [1.29, 1.82) is 0 Å². The molecule has 1 aliphatic heterocycles. The lowest BCUT2D eigenvalue weighted by Crippen LogP contribution is -2.04. The molecule has 0 aliphatic carbocycles. The summed E-state index contributed by atoms with van der Waals surface area (Å²) >= 11 is 3.35. The molecule has 2 rings (SSSR count). The van der Waals surface area contributed by atoms with Crippen LogP contribution in [0.2, 0.25) is 0 Å². The Hall–Kier alpha value is -0.210. The third kappa shape index (κ3) is 6.61. The lowest BCUT2D eigenvalue weighted by atomic mass is 10.2. The Morgan fingerprint density at radius 1 is 1.29 bits per heavy atom. The summed E-state index contributed by atoms with van der Waals surface area (Å²) in [6.45, 7) is 3.05. The molecule has 1 aromatic rings. The highest BCUT2D eigenvalue weighted by Gasteiger charge is 2.22. The molecule has 118 valence electrons. The van der Waals surface area contributed by atoms with Gasteiger partial charge in [-0.1, -0.05) is 18.7 Å². The summed E-state index contributed by atoms with van der Waals surface area (Å²) in [6, 6.07) is 8.22. The molecule has 0 saturated carbocycles. The maximum atomic E-state index is 10.6. The molecule has 1 aromatic carbocycles. The number of rotatable bonds is 7. The van der Waals surface area contributed by atoms with Crippen LogP contribution < -0.4 is 0 Å². The van der Waals surface area contributed by atoms with Gasteiger partial charge in [0.25, 0.3) is 10.1 Å². The van der Waals surface area contributed by atoms with Crippen LogP contribution in [0, 0.1) is 5.92 Å². The zero-order valence-corrected chi connectivity index (χ0v) is 14.3. The van der Waals surface area contributed by atoms with E-state index in [0.717, 1.165) is 17.9 Å². The molecule has 2 atom stereocenters. The lowest BCUT2D eigenvalue weighted by molar-refractivity contribution is 0.166. The van der Waals surface area contributed by atoms with E-state index in [1.807, 2.05) is 12.1 Å². The molecule has 1 unspecified atom stereocenters. The minimum absolute atomic E-state index is 0.175. The van der Waals surface area contributed by atoms with E-state index in [0.29, 0.717) is 18.1 Å². The molecule has 0 aromatic heterocycles. The van der Waals surface area contributed by atoms with E-state index in [2.05, 4.69) is 19.1 Å². The van der Waals surface area contributed by atoms with Gasteiger partial charge in [0.15, 0.2) is 0 Å². The maximum Gasteiger partial charge on any atom is 0.264 e. The van der Waals surface area contributed by atoms with Crippen LogP contribution in [0.5, 0.6) is 0 Å². The summed E-state index contributed by atoms with van der Waals surface area (Å²) < 4.78 is 35.6. The second-order valence-electron chi connectivity index (χ2n) is 5.18. The van der Waals surface area contributed by atoms with Gasteiger partial charge >= 0.3 is 0 Å². The quantitative estimate of drug-likeness (QED) is 0.462. The van der Waals surface area contributed by atoms with Crippen LogP contribution in [-0.4, -0.2) is 36.5 Å². The molecule has 7 heteroatoms. The Kier molecular flexibility index (Phi) is 6.43. The molecule has 0 bridgehead atoms. The first-order chi connectivity index (χ1) is 9.92. The van der Waals surface area contributed by atoms with Gasteiger partial charge in [0.2, 0.25) is 0 Å². The number of thioether (sulfide) groups is 2. The van der Waals surface area contributed by atoms with E-state index in [1.165, 1.54) is 4.90 Å². The third-order valence-electron chi connectivity index (χ3n) is 3.07. The molecular formula is C14H20O4S3. The summed E-state index contributed by atoms with van der Waals surface area (Å²) in [6.07, 6.45) is 1.55. The minimum atomic E-state index is -3.83. The molecule has 1 aliphatic rings. The number of hydrogen-bond donors (Lipinski definition) is 1. The zero-order chi connectivity index (χ0) is 15.3. The van der Waals surface area contributed by atoms with Crippen molar-refractivity contribution in [2.24, 2.45) is 5.92 Å².